The second-order valence-electron chi connectivity index (χ2n) is 3.67. The van der Waals surface area contributed by atoms with Crippen molar-refractivity contribution >= 4 is 5.95 Å². The smallest absolute Gasteiger partial charge is 0.240 e. The lowest BCUT2D eigenvalue weighted by Crippen LogP contribution is -2.37. The summed E-state index contributed by atoms with van der Waals surface area (Å²) in [6.07, 6.45) is 2.31. The van der Waals surface area contributed by atoms with Gasteiger partial charge in [-0.15, -0.1) is 0 Å². The lowest BCUT2D eigenvalue weighted by molar-refractivity contribution is 0.177. The number of nitrogens with zero attached hydrogens (tertiary/aromatic N) is 5. The highest BCUT2D eigenvalue weighted by Gasteiger charge is 2.22. The van der Waals surface area contributed by atoms with Crippen molar-refractivity contribution in [3.05, 3.63) is 0 Å². The van der Waals surface area contributed by atoms with E-state index >= 15 is 0 Å². The topological polar surface area (TPSA) is 72.9 Å². The minimum Gasteiger partial charge on any atom is -0.367 e. The first-order valence-corrected chi connectivity index (χ1v) is 5.07. The molecule has 0 radical (unpaired) electrons. The standard InChI is InChI=1S/C8H16N6/c1-2-13-5-3-4-7(6-13)14-8(9)10-11-12-14/h7H,2-6H2,1H3,(H2,9,10,12). The second-order valence-corrected chi connectivity index (χ2v) is 3.67. The summed E-state index contributed by atoms with van der Waals surface area (Å²) < 4.78 is 1.74. The molecular formula is C8H16N6. The van der Waals surface area contributed by atoms with Gasteiger partial charge in [-0.25, -0.2) is 4.68 Å². The van der Waals surface area contributed by atoms with E-state index in [1.807, 2.05) is 0 Å². The van der Waals surface area contributed by atoms with Crippen LogP contribution in [0, 0.1) is 0 Å². The number of tetrazole rings is 1. The van der Waals surface area contributed by atoms with Crippen molar-refractivity contribution in [2.45, 2.75) is 25.8 Å². The van der Waals surface area contributed by atoms with Crippen LogP contribution in [0.25, 0.3) is 0 Å². The molecule has 1 aromatic rings. The molecule has 0 aliphatic carbocycles. The summed E-state index contributed by atoms with van der Waals surface area (Å²) >= 11 is 0. The van der Waals surface area contributed by atoms with Crippen molar-refractivity contribution in [2.75, 3.05) is 25.4 Å². The number of rotatable bonds is 2. The first kappa shape index (κ1) is 9.39. The maximum atomic E-state index is 5.67. The molecule has 0 bridgehead atoms. The molecule has 2 rings (SSSR count). The van der Waals surface area contributed by atoms with Gasteiger partial charge in [0.05, 0.1) is 6.04 Å². The van der Waals surface area contributed by atoms with Crippen LogP contribution in [0.4, 0.5) is 5.95 Å². The number of likely N-dealkylation sites (tertiary alicyclic amines) is 1. The highest BCUT2D eigenvalue weighted by Crippen LogP contribution is 2.21. The van der Waals surface area contributed by atoms with Crippen molar-refractivity contribution in [1.29, 1.82) is 0 Å². The summed E-state index contributed by atoms with van der Waals surface area (Å²) in [7, 11) is 0. The first-order valence-electron chi connectivity index (χ1n) is 5.07. The summed E-state index contributed by atoms with van der Waals surface area (Å²) in [6.45, 7) is 5.44. The molecule has 6 heteroatoms. The van der Waals surface area contributed by atoms with Crippen LogP contribution >= 0.6 is 0 Å². The summed E-state index contributed by atoms with van der Waals surface area (Å²) in [4.78, 5) is 2.40. The highest BCUT2D eigenvalue weighted by atomic mass is 15.6. The minimum atomic E-state index is 0.346. The fourth-order valence-corrected chi connectivity index (χ4v) is 1.98. The Morgan fingerprint density at radius 3 is 3.07 bits per heavy atom. The van der Waals surface area contributed by atoms with Crippen LogP contribution in [0.2, 0.25) is 0 Å². The van der Waals surface area contributed by atoms with Gasteiger partial charge in [-0.2, -0.15) is 0 Å². The molecule has 2 N–H and O–H groups in total. The highest BCUT2D eigenvalue weighted by molar-refractivity contribution is 5.11. The molecule has 0 spiro atoms. The Morgan fingerprint density at radius 2 is 2.43 bits per heavy atom. The van der Waals surface area contributed by atoms with E-state index in [-0.39, 0.29) is 0 Å². The number of hydrogen-bond donors (Lipinski definition) is 1. The molecule has 0 aromatic carbocycles. The molecular weight excluding hydrogens is 180 g/mol. The van der Waals surface area contributed by atoms with E-state index in [4.69, 9.17) is 5.73 Å². The van der Waals surface area contributed by atoms with E-state index in [0.29, 0.717) is 12.0 Å². The third kappa shape index (κ3) is 1.70. The Morgan fingerprint density at radius 1 is 1.57 bits per heavy atom. The van der Waals surface area contributed by atoms with Gasteiger partial charge in [0.1, 0.15) is 0 Å². The third-order valence-electron chi connectivity index (χ3n) is 2.79. The third-order valence-corrected chi connectivity index (χ3v) is 2.79. The molecule has 1 aliphatic heterocycles. The SMILES string of the molecule is CCN1CCCC(n2nnnc2N)C1. The van der Waals surface area contributed by atoms with E-state index in [9.17, 15) is 0 Å². The minimum absolute atomic E-state index is 0.346. The molecule has 1 aromatic heterocycles. The van der Waals surface area contributed by atoms with Crippen LogP contribution in [0.3, 0.4) is 0 Å². The average molecular weight is 196 g/mol. The zero-order chi connectivity index (χ0) is 9.97. The van der Waals surface area contributed by atoms with Gasteiger partial charge in [-0.3, -0.25) is 0 Å². The van der Waals surface area contributed by atoms with Crippen molar-refractivity contribution in [3.8, 4) is 0 Å². The average Bonchev–Trinajstić information content (AvgIpc) is 2.65. The monoisotopic (exact) mass is 196 g/mol. The van der Waals surface area contributed by atoms with Crippen LogP contribution in [-0.4, -0.2) is 44.7 Å². The Bertz CT molecular complexity index is 296. The first-order chi connectivity index (χ1) is 6.81. The summed E-state index contributed by atoms with van der Waals surface area (Å²) in [5, 5.41) is 11.2. The number of aromatic nitrogens is 4. The molecule has 1 unspecified atom stereocenters. The number of likely N-dealkylation sites (N-methyl/N-ethyl adjacent to an activating group) is 1. The van der Waals surface area contributed by atoms with Gasteiger partial charge < -0.3 is 10.6 Å². The van der Waals surface area contributed by atoms with Gasteiger partial charge in [0.25, 0.3) is 0 Å². The number of hydrogen-bond acceptors (Lipinski definition) is 5. The Labute approximate surface area is 83.1 Å². The lowest BCUT2D eigenvalue weighted by atomic mass is 10.1. The predicted molar refractivity (Wildman–Crippen MR) is 52.6 cm³/mol. The zero-order valence-electron chi connectivity index (χ0n) is 8.43. The van der Waals surface area contributed by atoms with Crippen LogP contribution < -0.4 is 5.73 Å². The van der Waals surface area contributed by atoms with Gasteiger partial charge in [-0.1, -0.05) is 12.0 Å². The number of nitrogens with two attached hydrogens (primary N) is 1. The summed E-state index contributed by atoms with van der Waals surface area (Å²) in [5.74, 6) is 0.424. The molecule has 1 saturated heterocycles. The zero-order valence-corrected chi connectivity index (χ0v) is 8.43. The van der Waals surface area contributed by atoms with E-state index < -0.39 is 0 Å². The van der Waals surface area contributed by atoms with Gasteiger partial charge in [0, 0.05) is 6.54 Å². The fourth-order valence-electron chi connectivity index (χ4n) is 1.98. The molecule has 1 atom stereocenters. The van der Waals surface area contributed by atoms with Gasteiger partial charge in [0.2, 0.25) is 5.95 Å². The van der Waals surface area contributed by atoms with Gasteiger partial charge in [-0.05, 0) is 36.4 Å². The number of anilines is 1. The quantitative estimate of drug-likeness (QED) is 0.715. The van der Waals surface area contributed by atoms with E-state index in [0.717, 1.165) is 19.5 Å². The normalized spacial score (nSPS) is 23.9. The Hall–Kier alpha value is -1.17. The predicted octanol–water partition coefficient (Wildman–Crippen LogP) is -0.0879. The maximum absolute atomic E-state index is 5.67. The largest absolute Gasteiger partial charge is 0.367 e. The van der Waals surface area contributed by atoms with E-state index in [1.54, 1.807) is 4.68 Å². The summed E-state index contributed by atoms with van der Waals surface area (Å²) in [5.41, 5.74) is 5.67. The Kier molecular flexibility index (Phi) is 2.62. The molecule has 6 nitrogen and oxygen atoms in total. The van der Waals surface area contributed by atoms with Gasteiger partial charge >= 0.3 is 0 Å². The van der Waals surface area contributed by atoms with Crippen LogP contribution in [-0.2, 0) is 0 Å². The van der Waals surface area contributed by atoms with Gasteiger partial charge in [0.15, 0.2) is 0 Å². The fraction of sp³-hybridized carbons (Fsp3) is 0.875. The second kappa shape index (κ2) is 3.91. The van der Waals surface area contributed by atoms with Crippen molar-refractivity contribution in [3.63, 3.8) is 0 Å². The van der Waals surface area contributed by atoms with Crippen molar-refractivity contribution in [1.82, 2.24) is 25.1 Å². The van der Waals surface area contributed by atoms with Crippen LogP contribution in [0.5, 0.6) is 0 Å². The van der Waals surface area contributed by atoms with Crippen LogP contribution in [0.1, 0.15) is 25.8 Å². The Balaban J connectivity index is 2.08. The maximum Gasteiger partial charge on any atom is 0.240 e. The van der Waals surface area contributed by atoms with Crippen molar-refractivity contribution in [2.24, 2.45) is 0 Å². The van der Waals surface area contributed by atoms with Crippen molar-refractivity contribution < 1.29 is 0 Å². The molecule has 2 heterocycles. The molecule has 1 aliphatic rings. The van der Waals surface area contributed by atoms with E-state index in [2.05, 4.69) is 27.3 Å². The molecule has 14 heavy (non-hydrogen) atoms. The number of piperidine rings is 1. The molecule has 0 amide bonds. The summed E-state index contributed by atoms with van der Waals surface area (Å²) in [6, 6.07) is 0.346. The molecule has 1 fully saturated rings. The number of nitrogen functional groups attached to an aromatic ring is 1. The molecule has 78 valence electrons. The molecule has 0 saturated carbocycles. The lowest BCUT2D eigenvalue weighted by Gasteiger charge is -2.31. The van der Waals surface area contributed by atoms with E-state index in [1.165, 1.54) is 13.0 Å². The van der Waals surface area contributed by atoms with Crippen LogP contribution in [0.15, 0.2) is 0 Å².